The van der Waals surface area contributed by atoms with E-state index in [0.717, 1.165) is 5.69 Å². The molecule has 1 aromatic heterocycles. The van der Waals surface area contributed by atoms with Crippen molar-refractivity contribution in [3.05, 3.63) is 48.3 Å². The standard InChI is InChI=1S/C15H19N5O/c1-11-14(8-16-19-11)15(21)18-13-7-17-20(10-13)9-12-5-3-2-4-6-12/h2-7,10-11,14,16,19H,8-9H2,1H3,(H,18,21). The van der Waals surface area contributed by atoms with Crippen molar-refractivity contribution in [2.45, 2.75) is 19.5 Å². The van der Waals surface area contributed by atoms with Gasteiger partial charge in [-0.3, -0.25) is 20.3 Å². The summed E-state index contributed by atoms with van der Waals surface area (Å²) in [5, 5.41) is 7.20. The van der Waals surface area contributed by atoms with Gasteiger partial charge in [-0.2, -0.15) is 5.10 Å². The van der Waals surface area contributed by atoms with Gasteiger partial charge in [-0.05, 0) is 12.5 Å². The molecule has 0 saturated carbocycles. The zero-order valence-electron chi connectivity index (χ0n) is 11.9. The summed E-state index contributed by atoms with van der Waals surface area (Å²) in [6.45, 7) is 3.33. The number of carbonyl (C=O) groups excluding carboxylic acids is 1. The van der Waals surface area contributed by atoms with Gasteiger partial charge in [0, 0.05) is 18.8 Å². The van der Waals surface area contributed by atoms with Crippen molar-refractivity contribution in [1.29, 1.82) is 0 Å². The summed E-state index contributed by atoms with van der Waals surface area (Å²) in [5.41, 5.74) is 7.95. The largest absolute Gasteiger partial charge is 0.323 e. The fraction of sp³-hybridized carbons (Fsp3) is 0.333. The second kappa shape index (κ2) is 6.07. The second-order valence-electron chi connectivity index (χ2n) is 5.32. The highest BCUT2D eigenvalue weighted by Gasteiger charge is 2.29. The van der Waals surface area contributed by atoms with Crippen molar-refractivity contribution in [3.8, 4) is 0 Å². The van der Waals surface area contributed by atoms with Gasteiger partial charge >= 0.3 is 0 Å². The minimum atomic E-state index is -0.0672. The molecule has 3 rings (SSSR count). The summed E-state index contributed by atoms with van der Waals surface area (Å²) in [6.07, 6.45) is 3.53. The zero-order valence-corrected chi connectivity index (χ0v) is 11.9. The number of anilines is 1. The summed E-state index contributed by atoms with van der Waals surface area (Å²) < 4.78 is 1.82. The first-order valence-electron chi connectivity index (χ1n) is 7.08. The lowest BCUT2D eigenvalue weighted by atomic mass is 10.0. The number of aromatic nitrogens is 2. The molecule has 110 valence electrons. The van der Waals surface area contributed by atoms with E-state index in [1.54, 1.807) is 6.20 Å². The molecule has 1 aliphatic heterocycles. The highest BCUT2D eigenvalue weighted by atomic mass is 16.2. The average molecular weight is 285 g/mol. The third-order valence-corrected chi connectivity index (χ3v) is 3.68. The van der Waals surface area contributed by atoms with Crippen LogP contribution in [0.15, 0.2) is 42.7 Å². The minimum Gasteiger partial charge on any atom is -0.323 e. The normalized spacial score (nSPS) is 21.4. The maximum atomic E-state index is 12.2. The Morgan fingerprint density at radius 3 is 2.95 bits per heavy atom. The molecule has 6 heteroatoms. The van der Waals surface area contributed by atoms with Crippen LogP contribution in [0.2, 0.25) is 0 Å². The molecule has 1 fully saturated rings. The van der Waals surface area contributed by atoms with Crippen LogP contribution >= 0.6 is 0 Å². The molecule has 21 heavy (non-hydrogen) atoms. The van der Waals surface area contributed by atoms with E-state index in [0.29, 0.717) is 13.1 Å². The van der Waals surface area contributed by atoms with E-state index in [1.165, 1.54) is 5.56 Å². The lowest BCUT2D eigenvalue weighted by Gasteiger charge is -2.12. The number of hydrogen-bond acceptors (Lipinski definition) is 4. The molecule has 6 nitrogen and oxygen atoms in total. The molecule has 0 radical (unpaired) electrons. The van der Waals surface area contributed by atoms with E-state index in [-0.39, 0.29) is 17.9 Å². The zero-order chi connectivity index (χ0) is 14.7. The molecule has 1 aromatic carbocycles. The Morgan fingerprint density at radius 2 is 2.24 bits per heavy atom. The number of amides is 1. The lowest BCUT2D eigenvalue weighted by molar-refractivity contribution is -0.119. The fourth-order valence-corrected chi connectivity index (χ4v) is 2.45. The molecule has 0 spiro atoms. The monoisotopic (exact) mass is 285 g/mol. The van der Waals surface area contributed by atoms with Crippen LogP contribution in [0.5, 0.6) is 0 Å². The Morgan fingerprint density at radius 1 is 1.43 bits per heavy atom. The van der Waals surface area contributed by atoms with E-state index in [9.17, 15) is 4.79 Å². The predicted octanol–water partition coefficient (Wildman–Crippen LogP) is 0.982. The van der Waals surface area contributed by atoms with Crippen molar-refractivity contribution in [2.24, 2.45) is 5.92 Å². The Bertz CT molecular complexity index is 610. The first-order chi connectivity index (χ1) is 10.2. The molecule has 2 aromatic rings. The third-order valence-electron chi connectivity index (χ3n) is 3.68. The quantitative estimate of drug-likeness (QED) is 0.783. The number of nitrogens with one attached hydrogen (secondary N) is 3. The molecule has 0 bridgehead atoms. The van der Waals surface area contributed by atoms with E-state index in [1.807, 2.05) is 36.0 Å². The van der Waals surface area contributed by atoms with Gasteiger partial charge in [-0.25, -0.2) is 0 Å². The van der Waals surface area contributed by atoms with Crippen LogP contribution in [0, 0.1) is 5.92 Å². The topological polar surface area (TPSA) is 71.0 Å². The molecule has 0 aliphatic carbocycles. The van der Waals surface area contributed by atoms with E-state index >= 15 is 0 Å². The van der Waals surface area contributed by atoms with Crippen molar-refractivity contribution >= 4 is 11.6 Å². The molecule has 2 heterocycles. The van der Waals surface area contributed by atoms with Gasteiger partial charge in [0.15, 0.2) is 0 Å². The van der Waals surface area contributed by atoms with E-state index in [4.69, 9.17) is 0 Å². The van der Waals surface area contributed by atoms with Crippen molar-refractivity contribution in [3.63, 3.8) is 0 Å². The van der Waals surface area contributed by atoms with Gasteiger partial charge in [-0.1, -0.05) is 30.3 Å². The van der Waals surface area contributed by atoms with Gasteiger partial charge in [0.2, 0.25) is 5.91 Å². The number of rotatable bonds is 4. The van der Waals surface area contributed by atoms with Crippen LogP contribution in [0.4, 0.5) is 5.69 Å². The predicted molar refractivity (Wildman–Crippen MR) is 80.5 cm³/mol. The van der Waals surface area contributed by atoms with Gasteiger partial charge < -0.3 is 5.32 Å². The third kappa shape index (κ3) is 3.29. The highest BCUT2D eigenvalue weighted by molar-refractivity contribution is 5.93. The molecule has 3 N–H and O–H groups in total. The summed E-state index contributed by atoms with van der Waals surface area (Å²) in [5.74, 6) is -0.0539. The van der Waals surface area contributed by atoms with Gasteiger partial charge in [0.05, 0.1) is 24.3 Å². The van der Waals surface area contributed by atoms with Crippen LogP contribution in [0.25, 0.3) is 0 Å². The number of hydrogen-bond donors (Lipinski definition) is 3. The summed E-state index contributed by atoms with van der Waals surface area (Å²) in [7, 11) is 0. The second-order valence-corrected chi connectivity index (χ2v) is 5.32. The lowest BCUT2D eigenvalue weighted by Crippen LogP contribution is -2.33. The van der Waals surface area contributed by atoms with Crippen molar-refractivity contribution in [1.82, 2.24) is 20.6 Å². The van der Waals surface area contributed by atoms with Crippen LogP contribution < -0.4 is 16.2 Å². The fourth-order valence-electron chi connectivity index (χ4n) is 2.45. The number of nitrogens with zero attached hydrogens (tertiary/aromatic N) is 2. The smallest absolute Gasteiger partial charge is 0.230 e. The van der Waals surface area contributed by atoms with Gasteiger partial charge in [-0.15, -0.1) is 0 Å². The molecule has 2 unspecified atom stereocenters. The van der Waals surface area contributed by atoms with Crippen molar-refractivity contribution < 1.29 is 4.79 Å². The van der Waals surface area contributed by atoms with Crippen LogP contribution in [0.3, 0.4) is 0 Å². The SMILES string of the molecule is CC1NNCC1C(=O)Nc1cnn(Cc2ccccc2)c1. The number of benzene rings is 1. The van der Waals surface area contributed by atoms with Crippen LogP contribution in [-0.2, 0) is 11.3 Å². The van der Waals surface area contributed by atoms with Crippen molar-refractivity contribution in [2.75, 3.05) is 11.9 Å². The minimum absolute atomic E-state index is 0.0132. The first-order valence-corrected chi connectivity index (χ1v) is 7.08. The molecular formula is C15H19N5O. The molecule has 1 aliphatic rings. The molecular weight excluding hydrogens is 266 g/mol. The van der Waals surface area contributed by atoms with Gasteiger partial charge in [0.1, 0.15) is 0 Å². The molecule has 1 saturated heterocycles. The summed E-state index contributed by atoms with van der Waals surface area (Å²) in [4.78, 5) is 12.2. The average Bonchev–Trinajstić information content (AvgIpc) is 3.09. The Hall–Kier alpha value is -2.18. The number of hydrazine groups is 1. The summed E-state index contributed by atoms with van der Waals surface area (Å²) in [6, 6.07) is 10.2. The Labute approximate surface area is 123 Å². The number of carbonyl (C=O) groups is 1. The first kappa shape index (κ1) is 13.8. The molecule has 1 amide bonds. The Balaban J connectivity index is 1.61. The highest BCUT2D eigenvalue weighted by Crippen LogP contribution is 2.13. The van der Waals surface area contributed by atoms with E-state index in [2.05, 4.69) is 33.4 Å². The van der Waals surface area contributed by atoms with Crippen LogP contribution in [0.1, 0.15) is 12.5 Å². The summed E-state index contributed by atoms with van der Waals surface area (Å²) >= 11 is 0. The van der Waals surface area contributed by atoms with Gasteiger partial charge in [0.25, 0.3) is 0 Å². The maximum absolute atomic E-state index is 12.2. The van der Waals surface area contributed by atoms with E-state index < -0.39 is 0 Å². The molecule has 2 atom stereocenters. The maximum Gasteiger partial charge on any atom is 0.230 e. The van der Waals surface area contributed by atoms with Crippen LogP contribution in [-0.4, -0.2) is 28.3 Å². The Kier molecular flexibility index (Phi) is 3.98.